The number of furan rings is 1. The Kier molecular flexibility index (Phi) is 3.97. The van der Waals surface area contributed by atoms with Gasteiger partial charge in [0.1, 0.15) is 16.7 Å². The minimum atomic E-state index is -1.58. The van der Waals surface area contributed by atoms with Crippen molar-refractivity contribution in [3.8, 4) is 5.75 Å². The van der Waals surface area contributed by atoms with Gasteiger partial charge in [0, 0.05) is 17.5 Å². The number of nitrogens with zero attached hydrogens (tertiary/aromatic N) is 2. The molecular weight excluding hydrogens is 412 g/mol. The van der Waals surface area contributed by atoms with Crippen LogP contribution in [0.3, 0.4) is 0 Å². The van der Waals surface area contributed by atoms with E-state index < -0.39 is 17.5 Å². The first-order chi connectivity index (χ1) is 14.4. The molecule has 1 saturated heterocycles. The number of hydrogen-bond acceptors (Lipinski definition) is 6. The molecule has 0 spiro atoms. The molecule has 1 atom stereocenters. The third-order valence-corrected chi connectivity index (χ3v) is 5.56. The normalized spacial score (nSPS) is 20.5. The molecule has 9 nitrogen and oxygen atoms in total. The minimum Gasteiger partial charge on any atom is -0.497 e. The number of fused-ring (bicyclic) bond motifs is 2. The molecule has 30 heavy (non-hydrogen) atoms. The number of nitrogens with one attached hydrogen (secondary N) is 2. The number of amides is 4. The fourth-order valence-electron chi connectivity index (χ4n) is 3.86. The predicted octanol–water partition coefficient (Wildman–Crippen LogP) is 2.18. The molecule has 0 radical (unpaired) electrons. The van der Waals surface area contributed by atoms with Crippen molar-refractivity contribution in [2.24, 2.45) is 0 Å². The maximum Gasteiger partial charge on any atom is 0.322 e. The average molecular weight is 427 g/mol. The van der Waals surface area contributed by atoms with Crippen LogP contribution in [0.25, 0.3) is 11.0 Å². The number of pyridine rings is 1. The highest BCUT2D eigenvalue weighted by molar-refractivity contribution is 6.30. The fraction of sp³-hybridized carbons (Fsp3) is 0.200. The molecule has 2 aliphatic heterocycles. The molecule has 1 fully saturated rings. The van der Waals surface area contributed by atoms with Gasteiger partial charge in [-0.05, 0) is 29.8 Å². The van der Waals surface area contributed by atoms with Gasteiger partial charge in [-0.15, -0.1) is 0 Å². The van der Waals surface area contributed by atoms with E-state index in [0.717, 1.165) is 5.56 Å². The van der Waals surface area contributed by atoms with Gasteiger partial charge in [0.25, 0.3) is 11.8 Å². The molecule has 4 heterocycles. The van der Waals surface area contributed by atoms with Gasteiger partial charge in [-0.1, -0.05) is 17.7 Å². The average Bonchev–Trinajstić information content (AvgIpc) is 3.36. The third kappa shape index (κ3) is 2.70. The second-order valence-corrected chi connectivity index (χ2v) is 7.54. The summed E-state index contributed by atoms with van der Waals surface area (Å²) in [6.45, 7) is 0.179. The Bertz CT molecular complexity index is 1240. The minimum absolute atomic E-state index is 0.110. The third-order valence-electron chi connectivity index (χ3n) is 5.36. The maximum absolute atomic E-state index is 13.0. The zero-order valence-electron chi connectivity index (χ0n) is 15.7. The second-order valence-electron chi connectivity index (χ2n) is 7.15. The lowest BCUT2D eigenvalue weighted by Gasteiger charge is -2.29. The maximum atomic E-state index is 13.0. The van der Waals surface area contributed by atoms with Crippen LogP contribution in [0.2, 0.25) is 5.15 Å². The van der Waals surface area contributed by atoms with Crippen molar-refractivity contribution >= 4 is 40.4 Å². The van der Waals surface area contributed by atoms with Crippen LogP contribution < -0.4 is 15.4 Å². The Morgan fingerprint density at radius 2 is 2.10 bits per heavy atom. The van der Waals surface area contributed by atoms with Gasteiger partial charge in [0.2, 0.25) is 0 Å². The number of urea groups is 1. The lowest BCUT2D eigenvalue weighted by Crippen LogP contribution is -2.52. The number of benzene rings is 1. The van der Waals surface area contributed by atoms with Crippen molar-refractivity contribution in [3.63, 3.8) is 0 Å². The Labute approximate surface area is 174 Å². The van der Waals surface area contributed by atoms with Crippen LogP contribution in [0, 0.1) is 0 Å². The van der Waals surface area contributed by atoms with E-state index in [1.54, 1.807) is 30.3 Å². The van der Waals surface area contributed by atoms with Crippen molar-refractivity contribution in [2.45, 2.75) is 12.1 Å². The Hall–Kier alpha value is -3.59. The van der Waals surface area contributed by atoms with Gasteiger partial charge in [-0.2, -0.15) is 0 Å². The Morgan fingerprint density at radius 1 is 1.27 bits per heavy atom. The number of halogens is 1. The monoisotopic (exact) mass is 426 g/mol. The number of carbonyl (C=O) groups is 3. The Morgan fingerprint density at radius 3 is 2.83 bits per heavy atom. The molecule has 4 amide bonds. The van der Waals surface area contributed by atoms with E-state index in [0.29, 0.717) is 22.3 Å². The predicted molar refractivity (Wildman–Crippen MR) is 105 cm³/mol. The fourth-order valence-corrected chi connectivity index (χ4v) is 4.03. The summed E-state index contributed by atoms with van der Waals surface area (Å²) in [5, 5.41) is 5.77. The van der Waals surface area contributed by atoms with Crippen LogP contribution in [0.1, 0.15) is 21.7 Å². The number of rotatable bonds is 4. The molecule has 5 rings (SSSR count). The van der Waals surface area contributed by atoms with Crippen molar-refractivity contribution in [3.05, 3.63) is 58.6 Å². The highest BCUT2D eigenvalue weighted by atomic mass is 35.5. The molecule has 0 bridgehead atoms. The SMILES string of the molecule is COc1ccc2c(c1)C(=O)N(C[C@@]1(c3cc4cc(Cl)ncc4o3)NC(=O)NC1=O)C2. The van der Waals surface area contributed by atoms with E-state index in [1.807, 2.05) is 0 Å². The number of aromatic nitrogens is 1. The van der Waals surface area contributed by atoms with E-state index in [9.17, 15) is 14.4 Å². The molecule has 2 aromatic heterocycles. The second kappa shape index (κ2) is 6.46. The topological polar surface area (TPSA) is 114 Å². The molecule has 3 aromatic rings. The first-order valence-corrected chi connectivity index (χ1v) is 9.43. The summed E-state index contributed by atoms with van der Waals surface area (Å²) >= 11 is 5.94. The first kappa shape index (κ1) is 18.4. The number of ether oxygens (including phenoxy) is 1. The molecule has 10 heteroatoms. The van der Waals surface area contributed by atoms with Gasteiger partial charge >= 0.3 is 6.03 Å². The summed E-state index contributed by atoms with van der Waals surface area (Å²) in [5.74, 6) is -0.122. The summed E-state index contributed by atoms with van der Waals surface area (Å²) in [6.07, 6.45) is 1.44. The summed E-state index contributed by atoms with van der Waals surface area (Å²) < 4.78 is 11.0. The van der Waals surface area contributed by atoms with Crippen molar-refractivity contribution in [2.75, 3.05) is 13.7 Å². The van der Waals surface area contributed by atoms with Gasteiger partial charge < -0.3 is 19.4 Å². The summed E-state index contributed by atoms with van der Waals surface area (Å²) in [7, 11) is 1.52. The highest BCUT2D eigenvalue weighted by Gasteiger charge is 2.53. The van der Waals surface area contributed by atoms with Gasteiger partial charge in [-0.3, -0.25) is 14.9 Å². The van der Waals surface area contributed by atoms with Crippen LogP contribution in [0.15, 0.2) is 40.9 Å². The lowest BCUT2D eigenvalue weighted by atomic mass is 9.95. The van der Waals surface area contributed by atoms with Gasteiger partial charge in [0.05, 0.1) is 19.9 Å². The largest absolute Gasteiger partial charge is 0.497 e. The summed E-state index contributed by atoms with van der Waals surface area (Å²) in [6, 6.07) is 7.78. The Balaban J connectivity index is 1.55. The van der Waals surface area contributed by atoms with Crippen molar-refractivity contribution in [1.29, 1.82) is 0 Å². The smallest absolute Gasteiger partial charge is 0.322 e. The number of methoxy groups -OCH3 is 1. The first-order valence-electron chi connectivity index (χ1n) is 9.05. The number of imide groups is 1. The zero-order valence-corrected chi connectivity index (χ0v) is 16.4. The van der Waals surface area contributed by atoms with Crippen LogP contribution in [-0.4, -0.2) is 41.4 Å². The van der Waals surface area contributed by atoms with Crippen LogP contribution in [0.4, 0.5) is 4.79 Å². The van der Waals surface area contributed by atoms with Gasteiger partial charge in [-0.25, -0.2) is 9.78 Å². The van der Waals surface area contributed by atoms with Crippen molar-refractivity contribution < 1.29 is 23.5 Å². The molecule has 2 aliphatic rings. The lowest BCUT2D eigenvalue weighted by molar-refractivity contribution is -0.125. The molecule has 2 N–H and O–H groups in total. The van der Waals surface area contributed by atoms with E-state index in [4.69, 9.17) is 20.8 Å². The summed E-state index contributed by atoms with van der Waals surface area (Å²) in [4.78, 5) is 43.4. The molecule has 0 saturated carbocycles. The van der Waals surface area contributed by atoms with Crippen LogP contribution >= 0.6 is 11.6 Å². The van der Waals surface area contributed by atoms with Crippen molar-refractivity contribution in [1.82, 2.24) is 20.5 Å². The molecule has 0 unspecified atom stereocenters. The quantitative estimate of drug-likeness (QED) is 0.488. The molecular formula is C20H15ClN4O5. The highest BCUT2D eigenvalue weighted by Crippen LogP contribution is 2.35. The standard InChI is InChI=1S/C20H15ClN4O5/c1-29-12-3-2-10-8-25(17(26)13(10)6-12)9-20(18(27)23-19(28)24-20)15-4-11-5-16(21)22-7-14(11)30-15/h2-7H,8-9H2,1H3,(H2,23,24,27,28)/t20-/m0/s1. The summed E-state index contributed by atoms with van der Waals surface area (Å²) in [5.41, 5.74) is 0.129. The zero-order chi connectivity index (χ0) is 21.0. The van der Waals surface area contributed by atoms with Gasteiger partial charge in [0.15, 0.2) is 11.1 Å². The van der Waals surface area contributed by atoms with E-state index in [-0.39, 0.29) is 29.9 Å². The van der Waals surface area contributed by atoms with E-state index in [1.165, 1.54) is 18.2 Å². The number of hydrogen-bond donors (Lipinski definition) is 2. The van der Waals surface area contributed by atoms with Crippen LogP contribution in [0.5, 0.6) is 5.75 Å². The molecule has 0 aliphatic carbocycles. The molecule has 152 valence electrons. The van der Waals surface area contributed by atoms with E-state index in [2.05, 4.69) is 15.6 Å². The number of carbonyl (C=O) groups excluding carboxylic acids is 3. The van der Waals surface area contributed by atoms with E-state index >= 15 is 0 Å². The van der Waals surface area contributed by atoms with Crippen LogP contribution in [-0.2, 0) is 16.9 Å². The molecule has 1 aromatic carbocycles.